The van der Waals surface area contributed by atoms with Crippen LogP contribution in [0.4, 0.5) is 0 Å². The van der Waals surface area contributed by atoms with Crippen molar-refractivity contribution >= 4 is 34.8 Å². The molecule has 0 atom stereocenters. The van der Waals surface area contributed by atoms with E-state index in [0.29, 0.717) is 28.5 Å². The van der Waals surface area contributed by atoms with Crippen molar-refractivity contribution in [1.82, 2.24) is 4.98 Å². The molecule has 1 rings (SSSR count). The third-order valence-electron chi connectivity index (χ3n) is 1.41. The summed E-state index contributed by atoms with van der Waals surface area (Å²) in [4.78, 5) is 3.92. The Bertz CT molecular complexity index is 329. The lowest BCUT2D eigenvalue weighted by molar-refractivity contribution is 0.261. The largest absolute Gasteiger partial charge is 0.476 e. The molecule has 2 nitrogen and oxygen atoms in total. The standard InChI is InChI=1S/C9H10Cl3NO.C2H6/c1-5(2)4-14-9-7(11)3-6(10)8(12)13-9;1-2/h3,5H,4H2,1-2H3;1-2H3. The fourth-order valence-corrected chi connectivity index (χ4v) is 1.32. The molecule has 0 spiro atoms. The molecule has 0 saturated carbocycles. The van der Waals surface area contributed by atoms with Crippen LogP contribution in [-0.4, -0.2) is 11.6 Å². The Kier molecular flexibility index (Phi) is 7.90. The van der Waals surface area contributed by atoms with E-state index in [9.17, 15) is 0 Å². The van der Waals surface area contributed by atoms with Gasteiger partial charge in [0.25, 0.3) is 0 Å². The van der Waals surface area contributed by atoms with Crippen LogP contribution in [0.1, 0.15) is 27.7 Å². The van der Waals surface area contributed by atoms with Gasteiger partial charge in [0.2, 0.25) is 5.88 Å². The van der Waals surface area contributed by atoms with E-state index in [1.807, 2.05) is 27.7 Å². The molecule has 0 aliphatic heterocycles. The summed E-state index contributed by atoms with van der Waals surface area (Å²) < 4.78 is 5.35. The average Bonchev–Trinajstić information content (AvgIpc) is 2.24. The predicted molar refractivity (Wildman–Crippen MR) is 70.9 cm³/mol. The van der Waals surface area contributed by atoms with Gasteiger partial charge in [-0.05, 0) is 12.0 Å². The number of ether oxygens (including phenoxy) is 1. The van der Waals surface area contributed by atoms with Crippen molar-refractivity contribution < 1.29 is 4.74 Å². The van der Waals surface area contributed by atoms with E-state index < -0.39 is 0 Å². The third-order valence-corrected chi connectivity index (χ3v) is 2.35. The highest BCUT2D eigenvalue weighted by atomic mass is 35.5. The van der Waals surface area contributed by atoms with E-state index in [-0.39, 0.29) is 5.15 Å². The van der Waals surface area contributed by atoms with Crippen molar-refractivity contribution in [1.29, 1.82) is 0 Å². The van der Waals surface area contributed by atoms with Gasteiger partial charge >= 0.3 is 0 Å². The minimum atomic E-state index is 0.204. The van der Waals surface area contributed by atoms with Crippen molar-refractivity contribution in [2.45, 2.75) is 27.7 Å². The van der Waals surface area contributed by atoms with Crippen molar-refractivity contribution in [3.05, 3.63) is 21.3 Å². The molecule has 0 unspecified atom stereocenters. The minimum Gasteiger partial charge on any atom is -0.476 e. The molecule has 0 radical (unpaired) electrons. The normalized spacial score (nSPS) is 9.75. The fraction of sp³-hybridized carbons (Fsp3) is 0.545. The number of hydrogen-bond acceptors (Lipinski definition) is 2. The van der Waals surface area contributed by atoms with E-state index in [1.54, 1.807) is 0 Å². The Morgan fingerprint density at radius 1 is 1.19 bits per heavy atom. The van der Waals surface area contributed by atoms with E-state index in [2.05, 4.69) is 4.98 Å². The van der Waals surface area contributed by atoms with Crippen molar-refractivity contribution in [2.24, 2.45) is 5.92 Å². The maximum Gasteiger partial charge on any atom is 0.234 e. The highest BCUT2D eigenvalue weighted by Crippen LogP contribution is 2.30. The molecule has 1 aromatic rings. The highest BCUT2D eigenvalue weighted by Gasteiger charge is 2.09. The Hall–Kier alpha value is -0.180. The van der Waals surface area contributed by atoms with Gasteiger partial charge in [0, 0.05) is 0 Å². The summed E-state index contributed by atoms with van der Waals surface area (Å²) in [6, 6.07) is 1.52. The monoisotopic (exact) mass is 283 g/mol. The summed E-state index contributed by atoms with van der Waals surface area (Å²) >= 11 is 17.3. The van der Waals surface area contributed by atoms with Gasteiger partial charge in [-0.15, -0.1) is 0 Å². The topological polar surface area (TPSA) is 22.1 Å². The van der Waals surface area contributed by atoms with Crippen molar-refractivity contribution in [2.75, 3.05) is 6.61 Å². The van der Waals surface area contributed by atoms with Crippen LogP contribution in [0.25, 0.3) is 0 Å². The lowest BCUT2D eigenvalue weighted by Gasteiger charge is -2.09. The number of aromatic nitrogens is 1. The summed E-state index contributed by atoms with van der Waals surface area (Å²) in [5.41, 5.74) is 0. The maximum absolute atomic E-state index is 5.85. The quantitative estimate of drug-likeness (QED) is 0.720. The van der Waals surface area contributed by atoms with Gasteiger partial charge in [-0.3, -0.25) is 0 Å². The fourth-order valence-electron chi connectivity index (χ4n) is 0.775. The van der Waals surface area contributed by atoms with Gasteiger partial charge in [-0.25, -0.2) is 0 Å². The van der Waals surface area contributed by atoms with E-state index >= 15 is 0 Å². The van der Waals surface area contributed by atoms with Crippen LogP contribution in [0.3, 0.4) is 0 Å². The molecule has 0 aliphatic carbocycles. The molecule has 1 aromatic heterocycles. The molecule has 0 aliphatic rings. The van der Waals surface area contributed by atoms with Crippen LogP contribution in [0, 0.1) is 5.92 Å². The summed E-state index contributed by atoms with van der Waals surface area (Å²) in [5, 5.41) is 0.906. The number of nitrogens with zero attached hydrogens (tertiary/aromatic N) is 1. The van der Waals surface area contributed by atoms with Gasteiger partial charge in [0.1, 0.15) is 5.02 Å². The van der Waals surface area contributed by atoms with E-state index in [1.165, 1.54) is 6.07 Å². The Morgan fingerprint density at radius 3 is 2.25 bits per heavy atom. The smallest absolute Gasteiger partial charge is 0.234 e. The molecule has 0 aromatic carbocycles. The third kappa shape index (κ3) is 5.24. The first-order valence-electron chi connectivity index (χ1n) is 5.15. The Labute approximate surface area is 112 Å². The maximum atomic E-state index is 5.85. The van der Waals surface area contributed by atoms with Crippen molar-refractivity contribution in [3.8, 4) is 5.88 Å². The lowest BCUT2D eigenvalue weighted by Crippen LogP contribution is -2.06. The molecule has 0 saturated heterocycles. The second-order valence-electron chi connectivity index (χ2n) is 3.25. The van der Waals surface area contributed by atoms with Crippen LogP contribution < -0.4 is 4.74 Å². The van der Waals surface area contributed by atoms with E-state index in [0.717, 1.165) is 0 Å². The number of rotatable bonds is 3. The molecule has 16 heavy (non-hydrogen) atoms. The zero-order valence-electron chi connectivity index (χ0n) is 9.85. The molecule has 1 heterocycles. The number of halogens is 3. The summed E-state index contributed by atoms with van der Waals surface area (Å²) in [7, 11) is 0. The average molecular weight is 285 g/mol. The summed E-state index contributed by atoms with van der Waals surface area (Å²) in [6.45, 7) is 8.61. The van der Waals surface area contributed by atoms with Gasteiger partial charge in [0.05, 0.1) is 11.6 Å². The molecular formula is C11H16Cl3NO. The minimum absolute atomic E-state index is 0.204. The van der Waals surface area contributed by atoms with E-state index in [4.69, 9.17) is 39.5 Å². The second kappa shape index (κ2) is 7.99. The molecule has 0 amide bonds. The summed E-state index contributed by atoms with van der Waals surface area (Å²) in [6.07, 6.45) is 0. The number of pyridine rings is 1. The molecule has 92 valence electrons. The first kappa shape index (κ1) is 15.8. The number of hydrogen-bond donors (Lipinski definition) is 0. The molecule has 0 N–H and O–H groups in total. The van der Waals surface area contributed by atoms with Gasteiger partial charge in [-0.2, -0.15) is 4.98 Å². The van der Waals surface area contributed by atoms with Gasteiger partial charge < -0.3 is 4.74 Å². The first-order valence-corrected chi connectivity index (χ1v) is 6.28. The lowest BCUT2D eigenvalue weighted by atomic mass is 10.2. The van der Waals surface area contributed by atoms with Crippen molar-refractivity contribution in [3.63, 3.8) is 0 Å². The van der Waals surface area contributed by atoms with Gasteiger partial charge in [0.15, 0.2) is 5.15 Å². The van der Waals surface area contributed by atoms with Gasteiger partial charge in [-0.1, -0.05) is 62.5 Å². The molecule has 0 bridgehead atoms. The SMILES string of the molecule is CC.CC(C)COc1nc(Cl)c(Cl)cc1Cl. The molecule has 0 fully saturated rings. The molecule has 5 heteroatoms. The van der Waals surface area contributed by atoms with Crippen LogP contribution >= 0.6 is 34.8 Å². The summed E-state index contributed by atoms with van der Waals surface area (Å²) in [5.74, 6) is 0.733. The van der Waals surface area contributed by atoms with Crippen LogP contribution in [-0.2, 0) is 0 Å². The van der Waals surface area contributed by atoms with Crippen LogP contribution in [0.2, 0.25) is 15.2 Å². The van der Waals surface area contributed by atoms with Crippen LogP contribution in [0.15, 0.2) is 6.07 Å². The molecular weight excluding hydrogens is 268 g/mol. The van der Waals surface area contributed by atoms with Crippen LogP contribution in [0.5, 0.6) is 5.88 Å². The Balaban J connectivity index is 0.00000106. The Morgan fingerprint density at radius 2 is 1.75 bits per heavy atom. The zero-order chi connectivity index (χ0) is 12.7. The highest BCUT2D eigenvalue weighted by molar-refractivity contribution is 6.42. The predicted octanol–water partition coefficient (Wildman–Crippen LogP) is 5.10. The second-order valence-corrected chi connectivity index (χ2v) is 4.43. The first-order chi connectivity index (χ1) is 7.50. The zero-order valence-corrected chi connectivity index (χ0v) is 12.1.